The highest BCUT2D eigenvalue weighted by atomic mass is 16.5. The van der Waals surface area contributed by atoms with Crippen LogP contribution >= 0.6 is 0 Å². The number of imide groups is 1. The van der Waals surface area contributed by atoms with Crippen molar-refractivity contribution in [2.24, 2.45) is 5.92 Å². The van der Waals surface area contributed by atoms with Gasteiger partial charge in [-0.05, 0) is 48.0 Å². The van der Waals surface area contributed by atoms with E-state index in [0.29, 0.717) is 34.1 Å². The van der Waals surface area contributed by atoms with Crippen LogP contribution in [-0.2, 0) is 19.8 Å². The number of methoxy groups -OCH3 is 2. The Balaban J connectivity index is 1.68. The van der Waals surface area contributed by atoms with E-state index in [1.807, 2.05) is 6.07 Å². The third kappa shape index (κ3) is 3.00. The summed E-state index contributed by atoms with van der Waals surface area (Å²) in [5.74, 6) is -0.911. The van der Waals surface area contributed by atoms with Crippen LogP contribution in [0.5, 0.6) is 17.2 Å². The van der Waals surface area contributed by atoms with Crippen molar-refractivity contribution in [3.8, 4) is 17.2 Å². The molecule has 7 nitrogen and oxygen atoms in total. The summed E-state index contributed by atoms with van der Waals surface area (Å²) in [6, 6.07) is 20.7. The van der Waals surface area contributed by atoms with Crippen molar-refractivity contribution in [3.63, 3.8) is 0 Å². The van der Waals surface area contributed by atoms with Gasteiger partial charge in [-0.1, -0.05) is 30.3 Å². The quantitative estimate of drug-likeness (QED) is 0.341. The number of fused-ring (bicyclic) bond motifs is 1. The molecule has 0 spiro atoms. The van der Waals surface area contributed by atoms with Crippen molar-refractivity contribution < 1.29 is 28.6 Å². The maximum absolute atomic E-state index is 13.8. The molecule has 3 aromatic rings. The molecule has 2 aliphatic heterocycles. The van der Waals surface area contributed by atoms with E-state index in [0.717, 1.165) is 4.90 Å². The topological polar surface area (TPSA) is 82.1 Å². The molecule has 7 heteroatoms. The van der Waals surface area contributed by atoms with Crippen LogP contribution < -0.4 is 19.1 Å². The van der Waals surface area contributed by atoms with Crippen molar-refractivity contribution in [3.05, 3.63) is 83.9 Å². The Morgan fingerprint density at radius 1 is 0.879 bits per heavy atom. The number of carbonyl (C=O) groups excluding carboxylic acids is 3. The predicted octanol–water partition coefficient (Wildman–Crippen LogP) is 3.49. The minimum absolute atomic E-state index is 0.133. The van der Waals surface area contributed by atoms with E-state index >= 15 is 0 Å². The first-order valence-electron chi connectivity index (χ1n) is 10.5. The van der Waals surface area contributed by atoms with Crippen LogP contribution in [0.3, 0.4) is 0 Å². The van der Waals surface area contributed by atoms with Crippen molar-refractivity contribution in [1.29, 1.82) is 0 Å². The zero-order valence-electron chi connectivity index (χ0n) is 18.1. The Kier molecular flexibility index (Phi) is 4.89. The van der Waals surface area contributed by atoms with Crippen LogP contribution in [0.2, 0.25) is 0 Å². The van der Waals surface area contributed by atoms with Gasteiger partial charge in [-0.15, -0.1) is 0 Å². The molecule has 5 rings (SSSR count). The Bertz CT molecular complexity index is 1250. The molecule has 0 N–H and O–H groups in total. The number of nitrogens with zero attached hydrogens (tertiary/aromatic N) is 1. The molecular formula is C26H21NO6. The van der Waals surface area contributed by atoms with E-state index < -0.39 is 23.2 Å². The number of hydrogen-bond donors (Lipinski definition) is 0. The summed E-state index contributed by atoms with van der Waals surface area (Å²) in [5.41, 5.74) is 0.0540. The SMILES string of the molecule is COc1ccc(N2C(=O)C[C@@H]([C@@]3(c4ccccc4)C(=O)Oc4ccc(OC)cc43)C2=O)cc1. The Morgan fingerprint density at radius 2 is 1.55 bits per heavy atom. The summed E-state index contributed by atoms with van der Waals surface area (Å²) in [4.78, 5) is 41.6. The molecule has 2 amide bonds. The smallest absolute Gasteiger partial charge is 0.327 e. The lowest BCUT2D eigenvalue weighted by Gasteiger charge is -2.31. The van der Waals surface area contributed by atoms with E-state index in [9.17, 15) is 14.4 Å². The minimum Gasteiger partial charge on any atom is -0.497 e. The van der Waals surface area contributed by atoms with Gasteiger partial charge in [0.05, 0.1) is 25.8 Å². The van der Waals surface area contributed by atoms with Crippen LogP contribution in [-0.4, -0.2) is 32.0 Å². The minimum atomic E-state index is -1.47. The molecule has 0 bridgehead atoms. The number of rotatable bonds is 5. The fraction of sp³-hybridized carbons (Fsp3) is 0.192. The first-order chi connectivity index (χ1) is 16.0. The number of hydrogen-bond acceptors (Lipinski definition) is 6. The molecule has 0 saturated carbocycles. The molecule has 33 heavy (non-hydrogen) atoms. The van der Waals surface area contributed by atoms with Gasteiger partial charge in [-0.3, -0.25) is 19.3 Å². The molecule has 2 heterocycles. The third-order valence-electron chi connectivity index (χ3n) is 6.37. The van der Waals surface area contributed by atoms with Gasteiger partial charge in [0.1, 0.15) is 22.7 Å². The van der Waals surface area contributed by atoms with Crippen molar-refractivity contribution in [2.75, 3.05) is 19.1 Å². The maximum atomic E-state index is 13.8. The first kappa shape index (κ1) is 20.8. The van der Waals surface area contributed by atoms with Crippen molar-refractivity contribution in [2.45, 2.75) is 11.8 Å². The van der Waals surface area contributed by atoms with Crippen molar-refractivity contribution in [1.82, 2.24) is 0 Å². The molecule has 2 atom stereocenters. The summed E-state index contributed by atoms with van der Waals surface area (Å²) in [6.07, 6.45) is -0.133. The average molecular weight is 443 g/mol. The molecule has 166 valence electrons. The van der Waals surface area contributed by atoms with Crippen LogP contribution in [0.4, 0.5) is 5.69 Å². The Labute approximate surface area is 190 Å². The Morgan fingerprint density at radius 3 is 2.21 bits per heavy atom. The summed E-state index contributed by atoms with van der Waals surface area (Å²) in [6.45, 7) is 0. The van der Waals surface area contributed by atoms with E-state index in [4.69, 9.17) is 14.2 Å². The first-order valence-corrected chi connectivity index (χ1v) is 10.5. The zero-order chi connectivity index (χ0) is 23.2. The second-order valence-corrected chi connectivity index (χ2v) is 7.95. The second-order valence-electron chi connectivity index (χ2n) is 7.95. The van der Waals surface area contributed by atoms with E-state index in [-0.39, 0.29) is 12.3 Å². The number of esters is 1. The number of carbonyl (C=O) groups is 3. The van der Waals surface area contributed by atoms with Crippen LogP contribution in [0.1, 0.15) is 17.5 Å². The number of benzene rings is 3. The lowest BCUT2D eigenvalue weighted by molar-refractivity contribution is -0.141. The van der Waals surface area contributed by atoms with Gasteiger partial charge in [-0.2, -0.15) is 0 Å². The summed E-state index contributed by atoms with van der Waals surface area (Å²) in [5, 5.41) is 0. The highest BCUT2D eigenvalue weighted by Crippen LogP contribution is 2.53. The van der Waals surface area contributed by atoms with Gasteiger partial charge in [0.25, 0.3) is 0 Å². The Hall–Kier alpha value is -4.13. The molecular weight excluding hydrogens is 422 g/mol. The zero-order valence-corrected chi connectivity index (χ0v) is 18.1. The molecule has 2 aliphatic rings. The third-order valence-corrected chi connectivity index (χ3v) is 6.37. The maximum Gasteiger partial charge on any atom is 0.327 e. The predicted molar refractivity (Wildman–Crippen MR) is 119 cm³/mol. The highest BCUT2D eigenvalue weighted by molar-refractivity contribution is 6.23. The monoisotopic (exact) mass is 443 g/mol. The molecule has 1 fully saturated rings. The molecule has 3 aromatic carbocycles. The standard InChI is InChI=1S/C26H21NO6/c1-31-18-10-8-17(9-11-18)27-23(28)15-21(24(27)29)26(16-6-4-3-5-7-16)20-14-19(32-2)12-13-22(20)33-25(26)30/h3-14,21H,15H2,1-2H3/t21-,26+/m1/s1. The molecule has 0 radical (unpaired) electrons. The molecule has 0 aliphatic carbocycles. The molecule has 0 aromatic heterocycles. The fourth-order valence-corrected chi connectivity index (χ4v) is 4.80. The second kappa shape index (κ2) is 7.78. The van der Waals surface area contributed by atoms with Crippen molar-refractivity contribution >= 4 is 23.5 Å². The lowest BCUT2D eigenvalue weighted by atomic mass is 9.65. The molecule has 0 unspecified atom stereocenters. The average Bonchev–Trinajstić information content (AvgIpc) is 3.31. The van der Waals surface area contributed by atoms with Gasteiger partial charge in [0.2, 0.25) is 11.8 Å². The van der Waals surface area contributed by atoms with Crippen LogP contribution in [0, 0.1) is 5.92 Å². The van der Waals surface area contributed by atoms with E-state index in [2.05, 4.69) is 0 Å². The number of amides is 2. The number of ether oxygens (including phenoxy) is 3. The van der Waals surface area contributed by atoms with E-state index in [1.54, 1.807) is 66.7 Å². The van der Waals surface area contributed by atoms with Gasteiger partial charge in [0, 0.05) is 12.0 Å². The highest BCUT2D eigenvalue weighted by Gasteiger charge is 2.62. The fourth-order valence-electron chi connectivity index (χ4n) is 4.80. The number of anilines is 1. The molecule has 1 saturated heterocycles. The van der Waals surface area contributed by atoms with Gasteiger partial charge >= 0.3 is 5.97 Å². The summed E-state index contributed by atoms with van der Waals surface area (Å²) in [7, 11) is 3.07. The van der Waals surface area contributed by atoms with Crippen LogP contribution in [0.25, 0.3) is 0 Å². The van der Waals surface area contributed by atoms with Crippen LogP contribution in [0.15, 0.2) is 72.8 Å². The van der Waals surface area contributed by atoms with Gasteiger partial charge in [-0.25, -0.2) is 0 Å². The van der Waals surface area contributed by atoms with Gasteiger partial charge < -0.3 is 14.2 Å². The van der Waals surface area contributed by atoms with Gasteiger partial charge in [0.15, 0.2) is 0 Å². The normalized spacial score (nSPS) is 21.7. The summed E-state index contributed by atoms with van der Waals surface area (Å²) >= 11 is 0. The summed E-state index contributed by atoms with van der Waals surface area (Å²) < 4.78 is 16.2. The largest absolute Gasteiger partial charge is 0.497 e. The van der Waals surface area contributed by atoms with E-state index in [1.165, 1.54) is 14.2 Å². The lowest BCUT2D eigenvalue weighted by Crippen LogP contribution is -2.46.